The topological polar surface area (TPSA) is 29.5 Å². The molecule has 2 nitrogen and oxygen atoms in total. The first-order valence-corrected chi connectivity index (χ1v) is 6.99. The first-order valence-electron chi connectivity index (χ1n) is 6.99. The van der Waals surface area contributed by atoms with Crippen LogP contribution < -0.4 is 0 Å². The SMILES string of the molecule is CCCC(CC)(CO)CCOCc1ccccc1. The van der Waals surface area contributed by atoms with E-state index in [4.69, 9.17) is 4.74 Å². The molecule has 0 saturated carbocycles. The highest BCUT2D eigenvalue weighted by Crippen LogP contribution is 2.31. The van der Waals surface area contributed by atoms with Crippen molar-refractivity contribution in [3.8, 4) is 0 Å². The van der Waals surface area contributed by atoms with Crippen LogP contribution in [-0.4, -0.2) is 18.3 Å². The fraction of sp³-hybridized carbons (Fsp3) is 0.625. The smallest absolute Gasteiger partial charge is 0.0716 e. The van der Waals surface area contributed by atoms with E-state index in [1.54, 1.807) is 0 Å². The Labute approximate surface area is 111 Å². The Morgan fingerprint density at radius 1 is 1.11 bits per heavy atom. The molecule has 1 rings (SSSR count). The summed E-state index contributed by atoms with van der Waals surface area (Å²) in [5.74, 6) is 0. The second-order valence-corrected chi connectivity index (χ2v) is 5.05. The molecule has 1 aromatic carbocycles. The van der Waals surface area contributed by atoms with E-state index >= 15 is 0 Å². The summed E-state index contributed by atoms with van der Waals surface area (Å²) in [5, 5.41) is 9.57. The normalized spacial score (nSPS) is 14.4. The van der Waals surface area contributed by atoms with Gasteiger partial charge in [-0.15, -0.1) is 0 Å². The first kappa shape index (κ1) is 15.2. The van der Waals surface area contributed by atoms with Crippen LogP contribution in [0.2, 0.25) is 0 Å². The molecule has 1 unspecified atom stereocenters. The van der Waals surface area contributed by atoms with Gasteiger partial charge in [0, 0.05) is 13.2 Å². The summed E-state index contributed by atoms with van der Waals surface area (Å²) in [6, 6.07) is 10.2. The molecule has 0 bridgehead atoms. The maximum absolute atomic E-state index is 9.57. The van der Waals surface area contributed by atoms with Crippen molar-refractivity contribution in [3.05, 3.63) is 35.9 Å². The minimum atomic E-state index is 0.0610. The summed E-state index contributed by atoms with van der Waals surface area (Å²) in [5.41, 5.74) is 1.27. The quantitative estimate of drug-likeness (QED) is 0.676. The molecule has 0 aromatic heterocycles. The molecule has 0 saturated heterocycles. The fourth-order valence-corrected chi connectivity index (χ4v) is 2.33. The van der Waals surface area contributed by atoms with Crippen molar-refractivity contribution >= 4 is 0 Å². The Morgan fingerprint density at radius 3 is 2.39 bits per heavy atom. The molecular formula is C16H26O2. The maximum atomic E-state index is 9.57. The van der Waals surface area contributed by atoms with Crippen molar-refractivity contribution in [1.29, 1.82) is 0 Å². The van der Waals surface area contributed by atoms with Gasteiger partial charge in [0.1, 0.15) is 0 Å². The van der Waals surface area contributed by atoms with Crippen LogP contribution in [0.15, 0.2) is 30.3 Å². The third-order valence-corrected chi connectivity index (χ3v) is 3.75. The van der Waals surface area contributed by atoms with Crippen molar-refractivity contribution in [2.45, 2.75) is 46.1 Å². The lowest BCUT2D eigenvalue weighted by Gasteiger charge is -2.30. The van der Waals surface area contributed by atoms with Crippen LogP contribution in [0.5, 0.6) is 0 Å². The number of benzene rings is 1. The highest BCUT2D eigenvalue weighted by Gasteiger charge is 2.25. The summed E-state index contributed by atoms with van der Waals surface area (Å²) in [4.78, 5) is 0. The van der Waals surface area contributed by atoms with Gasteiger partial charge in [-0.25, -0.2) is 0 Å². The van der Waals surface area contributed by atoms with E-state index < -0.39 is 0 Å². The van der Waals surface area contributed by atoms with Crippen LogP contribution in [0.3, 0.4) is 0 Å². The van der Waals surface area contributed by atoms with Crippen molar-refractivity contribution in [3.63, 3.8) is 0 Å². The van der Waals surface area contributed by atoms with E-state index in [0.29, 0.717) is 6.61 Å². The number of ether oxygens (including phenoxy) is 1. The highest BCUT2D eigenvalue weighted by atomic mass is 16.5. The fourth-order valence-electron chi connectivity index (χ4n) is 2.33. The summed E-state index contributed by atoms with van der Waals surface area (Å²) >= 11 is 0. The van der Waals surface area contributed by atoms with Gasteiger partial charge in [0.2, 0.25) is 0 Å². The first-order chi connectivity index (χ1) is 8.76. The third-order valence-electron chi connectivity index (χ3n) is 3.75. The molecule has 18 heavy (non-hydrogen) atoms. The van der Waals surface area contributed by atoms with Crippen LogP contribution in [0.4, 0.5) is 0 Å². The van der Waals surface area contributed by atoms with E-state index in [9.17, 15) is 5.11 Å². The molecule has 102 valence electrons. The lowest BCUT2D eigenvalue weighted by Crippen LogP contribution is -2.26. The number of rotatable bonds is 9. The minimum absolute atomic E-state index is 0.0610. The van der Waals surface area contributed by atoms with Gasteiger partial charge in [-0.2, -0.15) is 0 Å². The van der Waals surface area contributed by atoms with E-state index in [0.717, 1.165) is 32.3 Å². The Balaban J connectivity index is 2.31. The number of aliphatic hydroxyl groups excluding tert-OH is 1. The van der Waals surface area contributed by atoms with Gasteiger partial charge in [0.15, 0.2) is 0 Å². The Kier molecular flexibility index (Phi) is 6.99. The van der Waals surface area contributed by atoms with Crippen molar-refractivity contribution < 1.29 is 9.84 Å². The zero-order valence-electron chi connectivity index (χ0n) is 11.7. The largest absolute Gasteiger partial charge is 0.396 e. The summed E-state index contributed by atoms with van der Waals surface area (Å²) in [7, 11) is 0. The van der Waals surface area contributed by atoms with Gasteiger partial charge in [0.05, 0.1) is 6.61 Å². The molecule has 0 aliphatic heterocycles. The van der Waals surface area contributed by atoms with Crippen LogP contribution in [-0.2, 0) is 11.3 Å². The van der Waals surface area contributed by atoms with Crippen LogP contribution in [0, 0.1) is 5.41 Å². The lowest BCUT2D eigenvalue weighted by molar-refractivity contribution is 0.0419. The molecule has 1 atom stereocenters. The van der Waals surface area contributed by atoms with Gasteiger partial charge >= 0.3 is 0 Å². The maximum Gasteiger partial charge on any atom is 0.0716 e. The van der Waals surface area contributed by atoms with Crippen molar-refractivity contribution in [2.75, 3.05) is 13.2 Å². The second-order valence-electron chi connectivity index (χ2n) is 5.05. The minimum Gasteiger partial charge on any atom is -0.396 e. The number of hydrogen-bond acceptors (Lipinski definition) is 2. The van der Waals surface area contributed by atoms with E-state index in [1.165, 1.54) is 5.56 Å². The lowest BCUT2D eigenvalue weighted by atomic mass is 9.79. The van der Waals surface area contributed by atoms with Crippen LogP contribution >= 0.6 is 0 Å². The zero-order valence-corrected chi connectivity index (χ0v) is 11.7. The van der Waals surface area contributed by atoms with Gasteiger partial charge in [-0.05, 0) is 30.2 Å². The monoisotopic (exact) mass is 250 g/mol. The number of hydrogen-bond donors (Lipinski definition) is 1. The summed E-state index contributed by atoms with van der Waals surface area (Å²) < 4.78 is 5.71. The van der Waals surface area contributed by atoms with Crippen LogP contribution in [0.25, 0.3) is 0 Å². The molecule has 0 amide bonds. The Hall–Kier alpha value is -0.860. The average molecular weight is 250 g/mol. The molecular weight excluding hydrogens is 224 g/mol. The van der Waals surface area contributed by atoms with E-state index in [1.807, 2.05) is 18.2 Å². The summed E-state index contributed by atoms with van der Waals surface area (Å²) in [6.45, 7) is 5.99. The van der Waals surface area contributed by atoms with E-state index in [-0.39, 0.29) is 12.0 Å². The molecule has 0 radical (unpaired) electrons. The molecule has 0 spiro atoms. The van der Waals surface area contributed by atoms with Crippen molar-refractivity contribution in [2.24, 2.45) is 5.41 Å². The molecule has 0 aliphatic carbocycles. The molecule has 1 aromatic rings. The Morgan fingerprint density at radius 2 is 1.83 bits per heavy atom. The van der Waals surface area contributed by atoms with Gasteiger partial charge in [-0.3, -0.25) is 0 Å². The third kappa shape index (κ3) is 4.79. The number of aliphatic hydroxyl groups is 1. The average Bonchev–Trinajstić information content (AvgIpc) is 2.43. The van der Waals surface area contributed by atoms with Gasteiger partial charge in [-0.1, -0.05) is 50.6 Å². The molecule has 2 heteroatoms. The van der Waals surface area contributed by atoms with Crippen molar-refractivity contribution in [1.82, 2.24) is 0 Å². The molecule has 0 heterocycles. The van der Waals surface area contributed by atoms with E-state index in [2.05, 4.69) is 26.0 Å². The standard InChI is InChI=1S/C16H26O2/c1-3-10-16(4-2,14-17)11-12-18-13-15-8-6-5-7-9-15/h5-9,17H,3-4,10-14H2,1-2H3. The van der Waals surface area contributed by atoms with Crippen LogP contribution in [0.1, 0.15) is 45.1 Å². The summed E-state index contributed by atoms with van der Waals surface area (Å²) in [6.07, 6.45) is 4.16. The van der Waals surface area contributed by atoms with Gasteiger partial charge < -0.3 is 9.84 Å². The predicted octanol–water partition coefficient (Wildman–Crippen LogP) is 3.78. The van der Waals surface area contributed by atoms with Gasteiger partial charge in [0.25, 0.3) is 0 Å². The Bertz CT molecular complexity index is 304. The second kappa shape index (κ2) is 8.28. The predicted molar refractivity (Wildman–Crippen MR) is 75.4 cm³/mol. The molecule has 1 N–H and O–H groups in total. The molecule has 0 fully saturated rings. The zero-order chi connectivity index (χ0) is 13.3. The molecule has 0 aliphatic rings. The highest BCUT2D eigenvalue weighted by molar-refractivity contribution is 5.13.